The highest BCUT2D eigenvalue weighted by atomic mass is 16.2. The van der Waals surface area contributed by atoms with Gasteiger partial charge in [-0.2, -0.15) is 0 Å². The van der Waals surface area contributed by atoms with E-state index >= 15 is 0 Å². The second-order valence-corrected chi connectivity index (χ2v) is 7.86. The van der Waals surface area contributed by atoms with E-state index in [9.17, 15) is 9.59 Å². The van der Waals surface area contributed by atoms with Crippen molar-refractivity contribution in [3.05, 3.63) is 59.7 Å². The summed E-state index contributed by atoms with van der Waals surface area (Å²) in [5.41, 5.74) is 3.18. The van der Waals surface area contributed by atoms with Crippen LogP contribution < -0.4 is 20.9 Å². The van der Waals surface area contributed by atoms with E-state index in [0.717, 1.165) is 43.6 Å². The van der Waals surface area contributed by atoms with Gasteiger partial charge in [0.15, 0.2) is 0 Å². The Labute approximate surface area is 179 Å². The number of nitrogens with one attached hydrogen (secondary N) is 3. The van der Waals surface area contributed by atoms with Crippen molar-refractivity contribution in [1.29, 1.82) is 0 Å². The van der Waals surface area contributed by atoms with Crippen LogP contribution in [0.3, 0.4) is 0 Å². The Morgan fingerprint density at radius 1 is 1.03 bits per heavy atom. The van der Waals surface area contributed by atoms with Crippen LogP contribution in [0.1, 0.15) is 55.5 Å². The minimum atomic E-state index is -0.294. The molecule has 1 aliphatic heterocycles. The molecular weight excluding hydrogens is 376 g/mol. The number of hydrogen-bond acceptors (Lipinski definition) is 3. The maximum atomic E-state index is 13.0. The molecule has 6 nitrogen and oxygen atoms in total. The number of anilines is 2. The van der Waals surface area contributed by atoms with Crippen LogP contribution in [0.25, 0.3) is 0 Å². The summed E-state index contributed by atoms with van der Waals surface area (Å²) in [5, 5.41) is 8.77. The Morgan fingerprint density at radius 2 is 1.77 bits per heavy atom. The van der Waals surface area contributed by atoms with Crippen LogP contribution in [-0.2, 0) is 6.54 Å². The fourth-order valence-electron chi connectivity index (χ4n) is 3.56. The zero-order valence-electron chi connectivity index (χ0n) is 17.9. The molecule has 1 aliphatic rings. The van der Waals surface area contributed by atoms with Gasteiger partial charge in [-0.05, 0) is 56.4 Å². The summed E-state index contributed by atoms with van der Waals surface area (Å²) in [4.78, 5) is 27.6. The van der Waals surface area contributed by atoms with Crippen LogP contribution in [-0.4, -0.2) is 31.1 Å². The minimum Gasteiger partial charge on any atom is -0.371 e. The normalized spacial score (nSPS) is 14.7. The first-order chi connectivity index (χ1) is 14.6. The van der Waals surface area contributed by atoms with Gasteiger partial charge in [-0.15, -0.1) is 0 Å². The molecule has 0 bridgehead atoms. The maximum absolute atomic E-state index is 13.0. The molecule has 1 saturated heterocycles. The first kappa shape index (κ1) is 21.7. The minimum absolute atomic E-state index is 0.0949. The van der Waals surface area contributed by atoms with Gasteiger partial charge in [-0.1, -0.05) is 37.3 Å². The molecule has 0 radical (unpaired) electrons. The molecule has 1 atom stereocenters. The van der Waals surface area contributed by atoms with Gasteiger partial charge in [0, 0.05) is 37.1 Å². The van der Waals surface area contributed by atoms with Crippen molar-refractivity contribution >= 4 is 23.3 Å². The number of benzene rings is 2. The summed E-state index contributed by atoms with van der Waals surface area (Å²) in [6.07, 6.45) is 4.36. The first-order valence-corrected chi connectivity index (χ1v) is 10.9. The third kappa shape index (κ3) is 5.99. The second-order valence-electron chi connectivity index (χ2n) is 7.86. The van der Waals surface area contributed by atoms with Gasteiger partial charge in [-0.3, -0.25) is 4.79 Å². The lowest BCUT2D eigenvalue weighted by atomic mass is 10.1. The lowest BCUT2D eigenvalue weighted by Crippen LogP contribution is -2.35. The van der Waals surface area contributed by atoms with Crippen molar-refractivity contribution in [3.63, 3.8) is 0 Å². The van der Waals surface area contributed by atoms with Crippen LogP contribution in [0.2, 0.25) is 0 Å². The molecule has 1 heterocycles. The number of rotatable bonds is 7. The average molecular weight is 409 g/mol. The van der Waals surface area contributed by atoms with E-state index in [2.05, 4.69) is 20.9 Å². The Hall–Kier alpha value is -3.02. The number of piperidine rings is 1. The fourth-order valence-corrected chi connectivity index (χ4v) is 3.56. The number of carbonyl (C=O) groups excluding carboxylic acids is 2. The molecule has 0 aliphatic carbocycles. The molecular formula is C24H32N4O2. The fraction of sp³-hybridized carbons (Fsp3) is 0.417. The van der Waals surface area contributed by atoms with Crippen molar-refractivity contribution in [1.82, 2.24) is 10.6 Å². The number of hydrogen-bond donors (Lipinski definition) is 3. The zero-order chi connectivity index (χ0) is 21.3. The van der Waals surface area contributed by atoms with Crippen LogP contribution >= 0.6 is 0 Å². The summed E-state index contributed by atoms with van der Waals surface area (Å²) >= 11 is 0. The lowest BCUT2D eigenvalue weighted by Gasteiger charge is -2.31. The Kier molecular flexibility index (Phi) is 7.71. The highest BCUT2D eigenvalue weighted by molar-refractivity contribution is 6.02. The number of nitrogens with zero attached hydrogens (tertiary/aromatic N) is 1. The summed E-state index contributed by atoms with van der Waals surface area (Å²) in [6, 6.07) is 15.2. The average Bonchev–Trinajstić information content (AvgIpc) is 2.78. The number of amides is 3. The molecule has 2 aromatic carbocycles. The van der Waals surface area contributed by atoms with Crippen LogP contribution in [0.4, 0.5) is 16.2 Å². The predicted octanol–water partition coefficient (Wildman–Crippen LogP) is 4.53. The quantitative estimate of drug-likeness (QED) is 0.630. The van der Waals surface area contributed by atoms with Crippen molar-refractivity contribution in [2.24, 2.45) is 0 Å². The van der Waals surface area contributed by atoms with E-state index in [1.807, 2.05) is 56.3 Å². The predicted molar refractivity (Wildman–Crippen MR) is 122 cm³/mol. The van der Waals surface area contributed by atoms with Crippen LogP contribution in [0.5, 0.6) is 0 Å². The summed E-state index contributed by atoms with van der Waals surface area (Å²) in [7, 11) is 0. The highest BCUT2D eigenvalue weighted by Crippen LogP contribution is 2.27. The SMILES string of the molecule is CCC(C)NC(=O)c1cc(NC(=O)NCc2ccccc2)ccc1N1CCCCC1. The zero-order valence-corrected chi connectivity index (χ0v) is 17.9. The molecule has 0 spiro atoms. The summed E-state index contributed by atoms with van der Waals surface area (Å²) in [5.74, 6) is -0.0988. The molecule has 0 aromatic heterocycles. The van der Waals surface area contributed by atoms with Gasteiger partial charge >= 0.3 is 6.03 Å². The third-order valence-electron chi connectivity index (χ3n) is 5.48. The van der Waals surface area contributed by atoms with Gasteiger partial charge < -0.3 is 20.9 Å². The Balaban J connectivity index is 1.73. The van der Waals surface area contributed by atoms with Gasteiger partial charge in [-0.25, -0.2) is 4.79 Å². The molecule has 6 heteroatoms. The van der Waals surface area contributed by atoms with E-state index in [4.69, 9.17) is 0 Å². The van der Waals surface area contributed by atoms with E-state index in [1.165, 1.54) is 6.42 Å². The van der Waals surface area contributed by atoms with E-state index in [0.29, 0.717) is 17.8 Å². The molecule has 1 unspecified atom stereocenters. The molecule has 3 amide bonds. The summed E-state index contributed by atoms with van der Waals surface area (Å²) in [6.45, 7) is 6.39. The van der Waals surface area contributed by atoms with Crippen molar-refractivity contribution < 1.29 is 9.59 Å². The van der Waals surface area contributed by atoms with E-state index in [1.54, 1.807) is 6.07 Å². The Bertz CT molecular complexity index is 848. The number of carbonyl (C=O) groups is 2. The molecule has 3 rings (SSSR count). The van der Waals surface area contributed by atoms with Crippen LogP contribution in [0.15, 0.2) is 48.5 Å². The maximum Gasteiger partial charge on any atom is 0.319 e. The van der Waals surface area contributed by atoms with Crippen molar-refractivity contribution in [2.45, 2.75) is 52.1 Å². The van der Waals surface area contributed by atoms with Gasteiger partial charge in [0.25, 0.3) is 5.91 Å². The van der Waals surface area contributed by atoms with E-state index < -0.39 is 0 Å². The first-order valence-electron chi connectivity index (χ1n) is 10.9. The van der Waals surface area contributed by atoms with Crippen LogP contribution in [0, 0.1) is 0 Å². The monoisotopic (exact) mass is 408 g/mol. The number of urea groups is 1. The molecule has 0 saturated carbocycles. The van der Waals surface area contributed by atoms with E-state index in [-0.39, 0.29) is 18.0 Å². The van der Waals surface area contributed by atoms with Gasteiger partial charge in [0.2, 0.25) is 0 Å². The third-order valence-corrected chi connectivity index (χ3v) is 5.48. The van der Waals surface area contributed by atoms with Gasteiger partial charge in [0.1, 0.15) is 0 Å². The second kappa shape index (κ2) is 10.7. The molecule has 2 aromatic rings. The highest BCUT2D eigenvalue weighted by Gasteiger charge is 2.20. The van der Waals surface area contributed by atoms with Crippen molar-refractivity contribution in [2.75, 3.05) is 23.3 Å². The topological polar surface area (TPSA) is 73.5 Å². The molecule has 30 heavy (non-hydrogen) atoms. The smallest absolute Gasteiger partial charge is 0.319 e. The largest absolute Gasteiger partial charge is 0.371 e. The molecule has 3 N–H and O–H groups in total. The Morgan fingerprint density at radius 3 is 2.47 bits per heavy atom. The molecule has 160 valence electrons. The van der Waals surface area contributed by atoms with Crippen molar-refractivity contribution in [3.8, 4) is 0 Å². The summed E-state index contributed by atoms with van der Waals surface area (Å²) < 4.78 is 0. The lowest BCUT2D eigenvalue weighted by molar-refractivity contribution is 0.0939. The molecule has 1 fully saturated rings. The van der Waals surface area contributed by atoms with Gasteiger partial charge in [0.05, 0.1) is 5.56 Å². The standard InChI is InChI=1S/C24H32N4O2/c1-3-18(2)26-23(29)21-16-20(12-13-22(21)28-14-8-5-9-15-28)27-24(30)25-17-19-10-6-4-7-11-19/h4,6-7,10-13,16,18H,3,5,8-9,14-15,17H2,1-2H3,(H,26,29)(H2,25,27,30).